The number of Topliss-reactive ketones (excluding diaryl/α,β-unsaturated/α-hetero) is 1. The van der Waals surface area contributed by atoms with E-state index in [4.69, 9.17) is 0 Å². The van der Waals surface area contributed by atoms with E-state index in [1.807, 2.05) is 0 Å². The average Bonchev–Trinajstić information content (AvgIpc) is 2.53. The molecule has 0 saturated heterocycles. The Kier molecular flexibility index (Phi) is 3.61. The molecule has 0 aliphatic heterocycles. The van der Waals surface area contributed by atoms with Crippen LogP contribution in [-0.2, 0) is 14.3 Å². The van der Waals surface area contributed by atoms with E-state index >= 15 is 0 Å². The first-order chi connectivity index (χ1) is 6.57. The van der Waals surface area contributed by atoms with Crippen molar-refractivity contribution in [1.29, 1.82) is 0 Å². The first kappa shape index (κ1) is 11.1. The normalized spacial score (nSPS) is 32.8. The van der Waals surface area contributed by atoms with E-state index < -0.39 is 6.17 Å². The van der Waals surface area contributed by atoms with Crippen LogP contribution in [0.25, 0.3) is 0 Å². The highest BCUT2D eigenvalue weighted by Gasteiger charge is 2.58. The molecule has 0 bridgehead atoms. The monoisotopic (exact) mass is 202 g/mol. The van der Waals surface area contributed by atoms with Gasteiger partial charge in [-0.15, -0.1) is 0 Å². The van der Waals surface area contributed by atoms with Crippen molar-refractivity contribution in [3.8, 4) is 0 Å². The lowest BCUT2D eigenvalue weighted by Crippen LogP contribution is -1.98. The van der Waals surface area contributed by atoms with E-state index in [1.54, 1.807) is 6.92 Å². The molecule has 0 aromatic heterocycles. The van der Waals surface area contributed by atoms with Crippen molar-refractivity contribution >= 4 is 11.8 Å². The molecule has 0 heterocycles. The number of ketones is 1. The fourth-order valence-corrected chi connectivity index (χ4v) is 1.77. The highest BCUT2D eigenvalue weighted by molar-refractivity contribution is 5.87. The number of ether oxygens (including phenoxy) is 1. The molecule has 14 heavy (non-hydrogen) atoms. The first-order valence-electron chi connectivity index (χ1n) is 4.88. The Morgan fingerprint density at radius 2 is 2.29 bits per heavy atom. The van der Waals surface area contributed by atoms with Gasteiger partial charge >= 0.3 is 5.97 Å². The second-order valence-electron chi connectivity index (χ2n) is 3.56. The quantitative estimate of drug-likeness (QED) is 0.605. The van der Waals surface area contributed by atoms with E-state index in [0.29, 0.717) is 13.0 Å². The zero-order valence-electron chi connectivity index (χ0n) is 8.46. The van der Waals surface area contributed by atoms with Crippen LogP contribution in [-0.4, -0.2) is 24.5 Å². The third-order valence-electron chi connectivity index (χ3n) is 2.52. The number of halogens is 1. The lowest BCUT2D eigenvalue weighted by atomic mass is 10.2. The topological polar surface area (TPSA) is 43.4 Å². The van der Waals surface area contributed by atoms with Gasteiger partial charge in [-0.2, -0.15) is 0 Å². The molecule has 80 valence electrons. The van der Waals surface area contributed by atoms with Crippen LogP contribution in [0.2, 0.25) is 0 Å². The van der Waals surface area contributed by atoms with E-state index in [0.717, 1.165) is 6.42 Å². The number of rotatable bonds is 1. The molecule has 3 nitrogen and oxygen atoms in total. The minimum atomic E-state index is -0.753. The molecule has 0 spiro atoms. The summed E-state index contributed by atoms with van der Waals surface area (Å²) in [6.07, 6.45) is 0.691. The number of alkyl halides is 1. The van der Waals surface area contributed by atoms with Crippen LogP contribution in [0, 0.1) is 11.8 Å². The predicted molar refractivity (Wildman–Crippen MR) is 48.4 cm³/mol. The number of hydrogen-bond acceptors (Lipinski definition) is 3. The molecule has 3 atom stereocenters. The molecule has 0 N–H and O–H groups in total. The van der Waals surface area contributed by atoms with E-state index in [2.05, 4.69) is 4.74 Å². The Bertz CT molecular complexity index is 240. The van der Waals surface area contributed by atoms with Crippen LogP contribution in [0.15, 0.2) is 0 Å². The molecular weight excluding hydrogens is 187 g/mol. The zero-order valence-corrected chi connectivity index (χ0v) is 8.46. The first-order valence-corrected chi connectivity index (χ1v) is 4.88. The number of carbonyl (C=O) groups excluding carboxylic acids is 2. The smallest absolute Gasteiger partial charge is 0.302 e. The van der Waals surface area contributed by atoms with Gasteiger partial charge in [0.05, 0.1) is 12.5 Å². The molecule has 2 aliphatic rings. The Hall–Kier alpha value is -0.930. The molecule has 2 fully saturated rings. The number of carbonyl (C=O) groups is 2. The number of esters is 1. The van der Waals surface area contributed by atoms with Crippen molar-refractivity contribution in [3.05, 3.63) is 0 Å². The molecule has 2 aliphatic carbocycles. The summed E-state index contributed by atoms with van der Waals surface area (Å²) < 4.78 is 16.7. The van der Waals surface area contributed by atoms with Gasteiger partial charge in [0.2, 0.25) is 0 Å². The molecule has 4 heteroatoms. The van der Waals surface area contributed by atoms with Gasteiger partial charge in [-0.05, 0) is 13.3 Å². The molecule has 0 radical (unpaired) electrons. The summed E-state index contributed by atoms with van der Waals surface area (Å²) in [4.78, 5) is 20.4. The lowest BCUT2D eigenvalue weighted by molar-refractivity contribution is -0.140. The summed E-state index contributed by atoms with van der Waals surface area (Å²) in [5.74, 6) is -0.0718. The van der Waals surface area contributed by atoms with Crippen LogP contribution in [0.3, 0.4) is 0 Å². The Balaban J connectivity index is 0.000000149. The van der Waals surface area contributed by atoms with Gasteiger partial charge in [0, 0.05) is 19.3 Å². The van der Waals surface area contributed by atoms with Crippen molar-refractivity contribution in [2.45, 2.75) is 32.9 Å². The highest BCUT2D eigenvalue weighted by atomic mass is 19.1. The summed E-state index contributed by atoms with van der Waals surface area (Å²) in [5, 5.41) is 0. The number of hydrogen-bond donors (Lipinski definition) is 0. The van der Waals surface area contributed by atoms with Crippen LogP contribution >= 0.6 is 0 Å². The second-order valence-corrected chi connectivity index (χ2v) is 3.56. The molecule has 0 aromatic carbocycles. The summed E-state index contributed by atoms with van der Waals surface area (Å²) >= 11 is 0. The maximum atomic E-state index is 12.3. The van der Waals surface area contributed by atoms with Crippen molar-refractivity contribution < 1.29 is 18.7 Å². The fourth-order valence-electron chi connectivity index (χ4n) is 1.77. The van der Waals surface area contributed by atoms with E-state index in [1.165, 1.54) is 6.92 Å². The minimum absolute atomic E-state index is 0.141. The lowest BCUT2D eigenvalue weighted by Gasteiger charge is -1.89. The molecule has 3 unspecified atom stereocenters. The standard InChI is InChI=1S/C6H7FO.C4H8O2/c7-6-3-1-2-4(8)5(3)6;1-3-6-4(2)5/h3,5-6H,1-2H2;3H2,1-2H3. The van der Waals surface area contributed by atoms with Gasteiger partial charge in [-0.25, -0.2) is 4.39 Å². The predicted octanol–water partition coefficient (Wildman–Crippen LogP) is 1.50. The van der Waals surface area contributed by atoms with E-state index in [-0.39, 0.29) is 23.6 Å². The Morgan fingerprint density at radius 3 is 2.43 bits per heavy atom. The van der Waals surface area contributed by atoms with E-state index in [9.17, 15) is 14.0 Å². The van der Waals surface area contributed by atoms with Crippen molar-refractivity contribution in [2.75, 3.05) is 6.61 Å². The third-order valence-corrected chi connectivity index (χ3v) is 2.52. The maximum absolute atomic E-state index is 12.3. The number of fused-ring (bicyclic) bond motifs is 1. The fraction of sp³-hybridized carbons (Fsp3) is 0.800. The molecule has 2 saturated carbocycles. The van der Waals surface area contributed by atoms with Gasteiger partial charge in [0.1, 0.15) is 12.0 Å². The highest BCUT2D eigenvalue weighted by Crippen LogP contribution is 2.51. The average molecular weight is 202 g/mol. The summed E-state index contributed by atoms with van der Waals surface area (Å²) in [6.45, 7) is 3.65. The molecule has 2 rings (SSSR count). The van der Waals surface area contributed by atoms with Gasteiger partial charge in [-0.3, -0.25) is 9.59 Å². The van der Waals surface area contributed by atoms with Crippen LogP contribution in [0.5, 0.6) is 0 Å². The zero-order chi connectivity index (χ0) is 10.7. The maximum Gasteiger partial charge on any atom is 0.302 e. The van der Waals surface area contributed by atoms with Gasteiger partial charge < -0.3 is 4.74 Å². The van der Waals surface area contributed by atoms with Crippen molar-refractivity contribution in [2.24, 2.45) is 11.8 Å². The van der Waals surface area contributed by atoms with Crippen LogP contribution < -0.4 is 0 Å². The second kappa shape index (κ2) is 4.53. The third kappa shape index (κ3) is 2.53. The summed E-state index contributed by atoms with van der Waals surface area (Å²) in [7, 11) is 0. The minimum Gasteiger partial charge on any atom is -0.466 e. The van der Waals surface area contributed by atoms with Gasteiger partial charge in [0.25, 0.3) is 0 Å². The molecule has 0 aromatic rings. The molecule has 0 amide bonds. The summed E-state index contributed by atoms with van der Waals surface area (Å²) in [5.41, 5.74) is 0. The van der Waals surface area contributed by atoms with Crippen molar-refractivity contribution in [1.82, 2.24) is 0 Å². The van der Waals surface area contributed by atoms with Crippen LogP contribution in [0.4, 0.5) is 4.39 Å². The Labute approximate surface area is 82.6 Å². The van der Waals surface area contributed by atoms with Gasteiger partial charge in [-0.1, -0.05) is 0 Å². The summed E-state index contributed by atoms with van der Waals surface area (Å²) in [6, 6.07) is 0. The van der Waals surface area contributed by atoms with Gasteiger partial charge in [0.15, 0.2) is 0 Å². The van der Waals surface area contributed by atoms with Crippen molar-refractivity contribution in [3.63, 3.8) is 0 Å². The Morgan fingerprint density at radius 1 is 1.64 bits per heavy atom. The molecular formula is C10H15FO3. The largest absolute Gasteiger partial charge is 0.466 e. The SMILES string of the molecule is CCOC(C)=O.O=C1CCC2C(F)C12. The van der Waals surface area contributed by atoms with Crippen LogP contribution in [0.1, 0.15) is 26.7 Å².